The molecule has 0 amide bonds. The molecule has 1 unspecified atom stereocenters. The fourth-order valence-electron chi connectivity index (χ4n) is 3.83. The van der Waals surface area contributed by atoms with Gasteiger partial charge < -0.3 is 9.15 Å². The van der Waals surface area contributed by atoms with Gasteiger partial charge in [-0.1, -0.05) is 24.3 Å². The smallest absolute Gasteiger partial charge is 0.236 e. The molecular formula is C21H26N2O4S. The van der Waals surface area contributed by atoms with Gasteiger partial charge in [0.1, 0.15) is 11.5 Å². The number of sulfonamides is 1. The van der Waals surface area contributed by atoms with Crippen LogP contribution in [0.15, 0.2) is 45.7 Å². The van der Waals surface area contributed by atoms with E-state index in [-0.39, 0.29) is 12.6 Å². The number of nitrogens with zero attached hydrogens (tertiary/aromatic N) is 1. The molecule has 150 valence electrons. The molecule has 1 aliphatic carbocycles. The zero-order valence-corrected chi connectivity index (χ0v) is 16.9. The third-order valence-electron chi connectivity index (χ3n) is 5.40. The van der Waals surface area contributed by atoms with Gasteiger partial charge in [-0.05, 0) is 49.1 Å². The zero-order chi connectivity index (χ0) is 19.6. The first-order valence-electron chi connectivity index (χ1n) is 9.69. The van der Waals surface area contributed by atoms with Gasteiger partial charge in [0, 0.05) is 19.6 Å². The minimum atomic E-state index is -3.55. The number of benzene rings is 1. The molecule has 1 aromatic heterocycles. The summed E-state index contributed by atoms with van der Waals surface area (Å²) < 4.78 is 40.0. The summed E-state index contributed by atoms with van der Waals surface area (Å²) in [6.07, 6.45) is 3.06. The third kappa shape index (κ3) is 4.22. The van der Waals surface area contributed by atoms with Gasteiger partial charge >= 0.3 is 0 Å². The molecule has 0 radical (unpaired) electrons. The van der Waals surface area contributed by atoms with Crippen LogP contribution in [-0.2, 0) is 21.2 Å². The van der Waals surface area contributed by atoms with Crippen molar-refractivity contribution in [2.45, 2.75) is 25.8 Å². The van der Waals surface area contributed by atoms with Crippen molar-refractivity contribution in [3.8, 4) is 0 Å². The minimum absolute atomic E-state index is 0.149. The second-order valence-electron chi connectivity index (χ2n) is 7.27. The second-order valence-corrected chi connectivity index (χ2v) is 9.09. The van der Waals surface area contributed by atoms with Crippen molar-refractivity contribution < 1.29 is 17.6 Å². The molecule has 7 heteroatoms. The molecule has 6 nitrogen and oxygen atoms in total. The number of fused-ring (bicyclic) bond motifs is 1. The van der Waals surface area contributed by atoms with E-state index in [1.54, 1.807) is 6.08 Å². The van der Waals surface area contributed by atoms with E-state index in [2.05, 4.69) is 15.7 Å². The fraction of sp³-hybridized carbons (Fsp3) is 0.429. The van der Waals surface area contributed by atoms with Crippen LogP contribution in [0.25, 0.3) is 6.08 Å². The highest BCUT2D eigenvalue weighted by atomic mass is 32.2. The summed E-state index contributed by atoms with van der Waals surface area (Å²) in [6.45, 7) is 4.96. The maximum Gasteiger partial charge on any atom is 0.236 e. The van der Waals surface area contributed by atoms with Crippen molar-refractivity contribution in [1.82, 2.24) is 9.62 Å². The lowest BCUT2D eigenvalue weighted by Gasteiger charge is -2.33. The van der Waals surface area contributed by atoms with E-state index in [1.165, 1.54) is 5.56 Å². The Hall–Kier alpha value is -1.93. The number of furan rings is 1. The molecule has 1 aliphatic heterocycles. The summed E-state index contributed by atoms with van der Waals surface area (Å²) in [5, 5.41) is 0. The molecule has 28 heavy (non-hydrogen) atoms. The summed E-state index contributed by atoms with van der Waals surface area (Å²) in [4.78, 5) is 2.66. The number of aryl methyl sites for hydroxylation is 2. The van der Waals surface area contributed by atoms with E-state index in [1.807, 2.05) is 37.3 Å². The fourth-order valence-corrected chi connectivity index (χ4v) is 5.05. The summed E-state index contributed by atoms with van der Waals surface area (Å²) in [5.41, 5.74) is 2.18. The monoisotopic (exact) mass is 402 g/mol. The van der Waals surface area contributed by atoms with Crippen LogP contribution in [0.4, 0.5) is 0 Å². The Balaban J connectivity index is 1.52. The molecule has 2 aliphatic rings. The highest BCUT2D eigenvalue weighted by Gasteiger charge is 2.28. The lowest BCUT2D eigenvalue weighted by molar-refractivity contribution is 0.0127. The van der Waals surface area contributed by atoms with Crippen molar-refractivity contribution in [1.29, 1.82) is 0 Å². The first-order valence-corrected chi connectivity index (χ1v) is 11.2. The van der Waals surface area contributed by atoms with Crippen molar-refractivity contribution in [2.75, 3.05) is 32.8 Å². The number of ether oxygens (including phenoxy) is 1. The number of hydrogen-bond donors (Lipinski definition) is 1. The Morgan fingerprint density at radius 2 is 1.89 bits per heavy atom. The molecule has 1 saturated heterocycles. The largest absolute Gasteiger partial charge is 0.465 e. The van der Waals surface area contributed by atoms with Crippen molar-refractivity contribution in [2.24, 2.45) is 0 Å². The first kappa shape index (κ1) is 19.4. The van der Waals surface area contributed by atoms with E-state index < -0.39 is 10.0 Å². The minimum Gasteiger partial charge on any atom is -0.465 e. The third-order valence-corrected chi connectivity index (χ3v) is 6.96. The average molecular weight is 403 g/mol. The molecule has 2 heterocycles. The summed E-state index contributed by atoms with van der Waals surface area (Å²) in [5.74, 6) is 1.60. The van der Waals surface area contributed by atoms with Gasteiger partial charge in [-0.3, -0.25) is 4.90 Å². The predicted molar refractivity (Wildman–Crippen MR) is 108 cm³/mol. The SMILES string of the molecule is Cc1ccc(C(CNS(=O)(=O)C2=Cc3ccccc3CC2)N2CCOCC2)o1. The number of morpholine rings is 1. The predicted octanol–water partition coefficient (Wildman–Crippen LogP) is 2.87. The molecule has 0 bridgehead atoms. The van der Waals surface area contributed by atoms with Gasteiger partial charge in [0.15, 0.2) is 0 Å². The maximum absolute atomic E-state index is 13.0. The normalized spacial score (nSPS) is 19.1. The van der Waals surface area contributed by atoms with Gasteiger partial charge in [0.05, 0.1) is 24.2 Å². The molecule has 0 spiro atoms. The Kier molecular flexibility index (Phi) is 5.68. The zero-order valence-electron chi connectivity index (χ0n) is 16.1. The number of nitrogens with one attached hydrogen (secondary N) is 1. The molecule has 1 atom stereocenters. The first-order chi connectivity index (χ1) is 13.5. The lowest BCUT2D eigenvalue weighted by Crippen LogP contribution is -2.43. The van der Waals surface area contributed by atoms with Crippen LogP contribution in [0.5, 0.6) is 0 Å². The average Bonchev–Trinajstić information content (AvgIpc) is 3.14. The van der Waals surface area contributed by atoms with Crippen molar-refractivity contribution >= 4 is 16.1 Å². The van der Waals surface area contributed by atoms with Crippen molar-refractivity contribution in [3.05, 3.63) is 64.0 Å². The van der Waals surface area contributed by atoms with Gasteiger partial charge in [-0.25, -0.2) is 13.1 Å². The molecular weight excluding hydrogens is 376 g/mol. The van der Waals surface area contributed by atoms with Crippen LogP contribution in [-0.4, -0.2) is 46.2 Å². The number of rotatable bonds is 6. The number of allylic oxidation sites excluding steroid dienone is 1. The van der Waals surface area contributed by atoms with Crippen LogP contribution in [0.3, 0.4) is 0 Å². The summed E-state index contributed by atoms with van der Waals surface area (Å²) in [7, 11) is -3.55. The summed E-state index contributed by atoms with van der Waals surface area (Å²) in [6, 6.07) is 11.6. The molecule has 2 aromatic rings. The van der Waals surface area contributed by atoms with Crippen LogP contribution >= 0.6 is 0 Å². The highest BCUT2D eigenvalue weighted by Crippen LogP contribution is 2.28. The Labute approximate surface area is 166 Å². The van der Waals surface area contributed by atoms with E-state index in [4.69, 9.17) is 9.15 Å². The number of hydrogen-bond acceptors (Lipinski definition) is 5. The standard InChI is InChI=1S/C21H26N2O4S/c1-16-6-9-21(27-16)20(23-10-12-26-13-11-23)15-22-28(24,25)19-8-7-17-4-2-3-5-18(17)14-19/h2-6,9,14,20,22H,7-8,10-13,15H2,1H3. The topological polar surface area (TPSA) is 71.8 Å². The Morgan fingerprint density at radius 1 is 1.11 bits per heavy atom. The van der Waals surface area contributed by atoms with Gasteiger partial charge in [0.25, 0.3) is 0 Å². The quantitative estimate of drug-likeness (QED) is 0.804. The van der Waals surface area contributed by atoms with Crippen LogP contribution in [0, 0.1) is 6.92 Å². The molecule has 1 fully saturated rings. The molecule has 0 saturated carbocycles. The van der Waals surface area contributed by atoms with E-state index in [0.717, 1.165) is 36.6 Å². The highest BCUT2D eigenvalue weighted by molar-refractivity contribution is 7.93. The van der Waals surface area contributed by atoms with Crippen molar-refractivity contribution in [3.63, 3.8) is 0 Å². The van der Waals surface area contributed by atoms with E-state index in [9.17, 15) is 8.42 Å². The molecule has 1 aromatic carbocycles. The van der Waals surface area contributed by atoms with E-state index in [0.29, 0.717) is 24.5 Å². The van der Waals surface area contributed by atoms with Crippen LogP contribution < -0.4 is 4.72 Å². The van der Waals surface area contributed by atoms with E-state index >= 15 is 0 Å². The Bertz CT molecular complexity index is 958. The summed E-state index contributed by atoms with van der Waals surface area (Å²) >= 11 is 0. The lowest BCUT2D eigenvalue weighted by atomic mass is 9.98. The molecule has 4 rings (SSSR count). The van der Waals surface area contributed by atoms with Gasteiger partial charge in [0.2, 0.25) is 10.0 Å². The van der Waals surface area contributed by atoms with Gasteiger partial charge in [-0.2, -0.15) is 0 Å². The maximum atomic E-state index is 13.0. The Morgan fingerprint density at radius 3 is 2.64 bits per heavy atom. The molecule has 1 N–H and O–H groups in total. The van der Waals surface area contributed by atoms with Crippen LogP contribution in [0.2, 0.25) is 0 Å². The van der Waals surface area contributed by atoms with Crippen LogP contribution in [0.1, 0.15) is 35.1 Å². The van der Waals surface area contributed by atoms with Gasteiger partial charge in [-0.15, -0.1) is 0 Å². The second kappa shape index (κ2) is 8.21.